The Kier molecular flexibility index (Phi) is 5.45. The summed E-state index contributed by atoms with van der Waals surface area (Å²) in [4.78, 5) is 0. The van der Waals surface area contributed by atoms with Crippen molar-refractivity contribution in [2.45, 2.75) is 37.3 Å². The molecule has 0 aromatic carbocycles. The highest BCUT2D eigenvalue weighted by Crippen LogP contribution is 2.51. The summed E-state index contributed by atoms with van der Waals surface area (Å²) in [6.07, 6.45) is -20.6. The van der Waals surface area contributed by atoms with Crippen molar-refractivity contribution in [3.63, 3.8) is 0 Å². The maximum atomic E-state index is 13.5. The number of allylic oxidation sites excluding steroid dienone is 1. The van der Waals surface area contributed by atoms with Crippen molar-refractivity contribution >= 4 is 0 Å². The first kappa shape index (κ1) is 21.5. The first-order valence-electron chi connectivity index (χ1n) is 5.10. The molecule has 0 radical (unpaired) electrons. The molecule has 0 spiro atoms. The molecule has 0 aliphatic heterocycles. The smallest absolute Gasteiger partial charge is 0.429 e. The van der Waals surface area contributed by atoms with Gasteiger partial charge in [0.25, 0.3) is 0 Å². The van der Waals surface area contributed by atoms with E-state index in [4.69, 9.17) is 0 Å². The molecule has 2 nitrogen and oxygen atoms in total. The van der Waals surface area contributed by atoms with Gasteiger partial charge in [-0.15, -0.1) is 0 Å². The summed E-state index contributed by atoms with van der Waals surface area (Å²) in [6.45, 7) is 6.32. The molecule has 136 valence electrons. The Morgan fingerprint density at radius 1 is 0.739 bits per heavy atom. The van der Waals surface area contributed by atoms with Crippen LogP contribution in [0.5, 0.6) is 0 Å². The topological polar surface area (TPSA) is 18.5 Å². The van der Waals surface area contributed by atoms with Gasteiger partial charge in [0.05, 0.1) is 0 Å². The average Bonchev–Trinajstić information content (AvgIpc) is 2.24. The fourth-order valence-corrected chi connectivity index (χ4v) is 0.776. The number of alkyl halides is 11. The molecule has 13 heteroatoms. The Bertz CT molecular complexity index is 476. The van der Waals surface area contributed by atoms with E-state index in [1.54, 1.807) is 0 Å². The lowest BCUT2D eigenvalue weighted by Gasteiger charge is -2.34. The molecule has 1 unspecified atom stereocenters. The molecule has 0 N–H and O–H groups in total. The number of halogens is 11. The summed E-state index contributed by atoms with van der Waals surface area (Å²) in [5.41, 5.74) is -0.578. The van der Waals surface area contributed by atoms with Gasteiger partial charge < -0.3 is 4.74 Å². The number of rotatable bonds is 6. The standard InChI is InChI=1S/C10H7F11O2/c1-4(2)5(3)22-10(21,8(16,17)18)23-9(19,20)6(11,12)7(13,14)15/h1,3H2,2H3. The molecule has 23 heavy (non-hydrogen) atoms. The maximum absolute atomic E-state index is 13.5. The van der Waals surface area contributed by atoms with Crippen LogP contribution in [0.3, 0.4) is 0 Å². The van der Waals surface area contributed by atoms with Crippen LogP contribution in [0.2, 0.25) is 0 Å². The summed E-state index contributed by atoms with van der Waals surface area (Å²) in [5, 5.41) is 0. The third-order valence-corrected chi connectivity index (χ3v) is 2.05. The predicted octanol–water partition coefficient (Wildman–Crippen LogP) is 5.09. The third-order valence-electron chi connectivity index (χ3n) is 2.05. The molecule has 0 rings (SSSR count). The summed E-state index contributed by atoms with van der Waals surface area (Å²) < 4.78 is 142. The maximum Gasteiger partial charge on any atom is 0.491 e. The van der Waals surface area contributed by atoms with Crippen molar-refractivity contribution in [2.75, 3.05) is 0 Å². The van der Waals surface area contributed by atoms with E-state index in [1.807, 2.05) is 0 Å². The van der Waals surface area contributed by atoms with Gasteiger partial charge in [0.1, 0.15) is 5.76 Å². The molecule has 0 amide bonds. The van der Waals surface area contributed by atoms with Gasteiger partial charge in [0, 0.05) is 0 Å². The van der Waals surface area contributed by atoms with E-state index in [1.165, 1.54) is 0 Å². The van der Waals surface area contributed by atoms with Crippen molar-refractivity contribution in [1.29, 1.82) is 0 Å². The van der Waals surface area contributed by atoms with Crippen molar-refractivity contribution in [2.24, 2.45) is 0 Å². The minimum absolute atomic E-state index is 0.578. The lowest BCUT2D eigenvalue weighted by molar-refractivity contribution is -0.526. The second kappa shape index (κ2) is 5.83. The van der Waals surface area contributed by atoms with Crippen LogP contribution >= 0.6 is 0 Å². The fraction of sp³-hybridized carbons (Fsp3) is 0.600. The second-order valence-corrected chi connectivity index (χ2v) is 4.03. The van der Waals surface area contributed by atoms with Crippen molar-refractivity contribution in [3.8, 4) is 0 Å². The molecule has 0 fully saturated rings. The molecular weight excluding hydrogens is 361 g/mol. The highest BCUT2D eigenvalue weighted by Gasteiger charge is 2.79. The molecule has 0 heterocycles. The quantitative estimate of drug-likeness (QED) is 0.282. The fourth-order valence-electron chi connectivity index (χ4n) is 0.776. The Morgan fingerprint density at radius 3 is 1.39 bits per heavy atom. The van der Waals surface area contributed by atoms with E-state index in [9.17, 15) is 48.3 Å². The van der Waals surface area contributed by atoms with Crippen LogP contribution in [-0.4, -0.2) is 30.4 Å². The Morgan fingerprint density at radius 2 is 1.13 bits per heavy atom. The lowest BCUT2D eigenvalue weighted by atomic mass is 10.3. The van der Waals surface area contributed by atoms with Crippen molar-refractivity contribution in [3.05, 3.63) is 24.5 Å². The number of ether oxygens (including phenoxy) is 2. The van der Waals surface area contributed by atoms with Gasteiger partial charge in [-0.25, -0.2) is 4.74 Å². The molecule has 0 saturated heterocycles. The molecule has 0 aliphatic carbocycles. The Labute approximate surface area is 121 Å². The van der Waals surface area contributed by atoms with Crippen LogP contribution in [-0.2, 0) is 9.47 Å². The largest absolute Gasteiger partial charge is 0.491 e. The number of hydrogen-bond donors (Lipinski definition) is 0. The zero-order chi connectivity index (χ0) is 19.1. The van der Waals surface area contributed by atoms with Gasteiger partial charge in [0.2, 0.25) is 0 Å². The van der Waals surface area contributed by atoms with E-state index in [0.717, 1.165) is 6.92 Å². The monoisotopic (exact) mass is 368 g/mol. The summed E-state index contributed by atoms with van der Waals surface area (Å²) >= 11 is 0. The van der Waals surface area contributed by atoms with Crippen molar-refractivity contribution < 1.29 is 57.8 Å². The van der Waals surface area contributed by atoms with Gasteiger partial charge >= 0.3 is 30.4 Å². The van der Waals surface area contributed by atoms with Crippen LogP contribution in [0.1, 0.15) is 6.92 Å². The Hall–Kier alpha value is -1.53. The van der Waals surface area contributed by atoms with Crippen LogP contribution in [0.4, 0.5) is 48.3 Å². The molecule has 0 aromatic rings. The normalized spacial score (nSPS) is 16.7. The zero-order valence-corrected chi connectivity index (χ0v) is 10.9. The van der Waals surface area contributed by atoms with Gasteiger partial charge in [-0.05, 0) is 12.5 Å². The van der Waals surface area contributed by atoms with Crippen LogP contribution < -0.4 is 0 Å². The first-order chi connectivity index (χ1) is 9.78. The van der Waals surface area contributed by atoms with E-state index < -0.39 is 41.8 Å². The van der Waals surface area contributed by atoms with Crippen molar-refractivity contribution in [1.82, 2.24) is 0 Å². The van der Waals surface area contributed by atoms with Crippen LogP contribution in [0.15, 0.2) is 24.5 Å². The van der Waals surface area contributed by atoms with E-state index in [0.29, 0.717) is 0 Å². The van der Waals surface area contributed by atoms with E-state index in [2.05, 4.69) is 22.6 Å². The molecule has 0 aromatic heterocycles. The predicted molar refractivity (Wildman–Crippen MR) is 52.0 cm³/mol. The minimum atomic E-state index is -7.14. The molecule has 0 saturated carbocycles. The SMILES string of the molecule is C=C(C)C(=C)OC(F)(OC(F)(F)C(F)(F)C(F)(F)F)C(F)(F)F. The molecule has 0 bridgehead atoms. The zero-order valence-electron chi connectivity index (χ0n) is 10.9. The number of hydrogen-bond acceptors (Lipinski definition) is 2. The van der Waals surface area contributed by atoms with E-state index >= 15 is 0 Å². The summed E-state index contributed by atoms with van der Waals surface area (Å²) in [6, 6.07) is -6.04. The van der Waals surface area contributed by atoms with Gasteiger partial charge in [0.15, 0.2) is 0 Å². The molecule has 1 atom stereocenters. The van der Waals surface area contributed by atoms with Crippen LogP contribution in [0, 0.1) is 0 Å². The Balaban J connectivity index is 5.82. The first-order valence-corrected chi connectivity index (χ1v) is 5.10. The highest BCUT2D eigenvalue weighted by molar-refractivity contribution is 5.16. The minimum Gasteiger partial charge on any atom is -0.429 e. The van der Waals surface area contributed by atoms with Crippen LogP contribution in [0.25, 0.3) is 0 Å². The molecule has 0 aliphatic rings. The van der Waals surface area contributed by atoms with Gasteiger partial charge in [-0.1, -0.05) is 13.2 Å². The second-order valence-electron chi connectivity index (χ2n) is 4.03. The molecular formula is C10H7F11O2. The lowest BCUT2D eigenvalue weighted by Crippen LogP contribution is -2.59. The summed E-state index contributed by atoms with van der Waals surface area (Å²) in [7, 11) is 0. The van der Waals surface area contributed by atoms with Gasteiger partial charge in [-0.3, -0.25) is 0 Å². The summed E-state index contributed by atoms with van der Waals surface area (Å²) in [5.74, 6) is -8.52. The highest BCUT2D eigenvalue weighted by atomic mass is 19.4. The van der Waals surface area contributed by atoms with E-state index in [-0.39, 0.29) is 0 Å². The van der Waals surface area contributed by atoms with Gasteiger partial charge in [-0.2, -0.15) is 48.3 Å². The average molecular weight is 368 g/mol. The third kappa shape index (κ3) is 4.26.